The molecule has 0 bridgehead atoms. The van der Waals surface area contributed by atoms with Crippen molar-refractivity contribution in [2.24, 2.45) is 5.73 Å². The number of hydrogen-bond donors (Lipinski definition) is 3. The van der Waals surface area contributed by atoms with Crippen LogP contribution in [0.1, 0.15) is 37.7 Å². The second-order valence-corrected chi connectivity index (χ2v) is 10.1. The molecule has 0 aliphatic rings. The molecule has 6 nitrogen and oxygen atoms in total. The van der Waals surface area contributed by atoms with Gasteiger partial charge in [0.1, 0.15) is 12.6 Å². The largest absolute Gasteiger partial charge is 0.460 e. The van der Waals surface area contributed by atoms with Gasteiger partial charge in [-0.3, -0.25) is 4.79 Å². The Hall–Kier alpha value is -3.27. The lowest BCUT2D eigenvalue weighted by molar-refractivity contribution is -0.461. The minimum atomic E-state index is -8.70. The standard InChI is InChI=1S/C25H26F17N3O3/c26-18(27,19(28,29)20(30,31)21(32,33)22(34,35)23(36,37)24(38,39)25(40,41)42)10-6-12-44-16(46)15(9-4-5-11-43)45-17(47)48-13-14-7-2-1-3-8-14/h1-3,7-8,15H,4-6,9-13,43H2,(H,44,46)(H,45,47)/t15-/m0/s1. The number of ether oxygens (including phenoxy) is 1. The Kier molecular flexibility index (Phi) is 13.4. The predicted molar refractivity (Wildman–Crippen MR) is 129 cm³/mol. The number of alkyl halides is 17. The molecule has 0 heterocycles. The molecular weight excluding hydrogens is 713 g/mol. The van der Waals surface area contributed by atoms with Crippen LogP contribution in [0.15, 0.2) is 30.3 Å². The summed E-state index contributed by atoms with van der Waals surface area (Å²) in [6, 6.07) is 6.44. The zero-order valence-corrected chi connectivity index (χ0v) is 23.8. The minimum Gasteiger partial charge on any atom is -0.445 e. The number of benzene rings is 1. The molecule has 278 valence electrons. The van der Waals surface area contributed by atoms with E-state index >= 15 is 0 Å². The third-order valence-electron chi connectivity index (χ3n) is 6.52. The Bertz CT molecular complexity index is 1210. The van der Waals surface area contributed by atoms with Gasteiger partial charge in [0.05, 0.1) is 0 Å². The van der Waals surface area contributed by atoms with Crippen LogP contribution in [-0.4, -0.2) is 78.8 Å². The third-order valence-corrected chi connectivity index (χ3v) is 6.52. The molecule has 4 N–H and O–H groups in total. The number of alkyl carbamates (subject to hydrolysis) is 1. The van der Waals surface area contributed by atoms with Gasteiger partial charge in [0.2, 0.25) is 5.91 Å². The summed E-state index contributed by atoms with van der Waals surface area (Å²) in [5, 5.41) is 3.88. The maximum Gasteiger partial charge on any atom is 0.460 e. The van der Waals surface area contributed by atoms with Crippen LogP contribution in [0.4, 0.5) is 79.4 Å². The number of carbonyl (C=O) groups excluding carboxylic acids is 2. The van der Waals surface area contributed by atoms with Gasteiger partial charge in [-0.15, -0.1) is 0 Å². The van der Waals surface area contributed by atoms with Crippen LogP contribution in [0.3, 0.4) is 0 Å². The zero-order valence-electron chi connectivity index (χ0n) is 23.8. The first-order valence-electron chi connectivity index (χ1n) is 13.2. The third kappa shape index (κ3) is 8.47. The number of unbranched alkanes of at least 4 members (excludes halogenated alkanes) is 1. The molecule has 0 unspecified atom stereocenters. The Morgan fingerprint density at radius 2 is 1.15 bits per heavy atom. The summed E-state index contributed by atoms with van der Waals surface area (Å²) in [5.74, 6) is -58.1. The highest BCUT2D eigenvalue weighted by atomic mass is 19.4. The average molecular weight is 739 g/mol. The van der Waals surface area contributed by atoms with Crippen molar-refractivity contribution in [3.63, 3.8) is 0 Å². The molecule has 0 saturated heterocycles. The van der Waals surface area contributed by atoms with Gasteiger partial charge in [0, 0.05) is 13.0 Å². The van der Waals surface area contributed by atoms with E-state index in [0.29, 0.717) is 5.56 Å². The van der Waals surface area contributed by atoms with Gasteiger partial charge in [0.15, 0.2) is 0 Å². The van der Waals surface area contributed by atoms with Crippen LogP contribution in [0.2, 0.25) is 0 Å². The van der Waals surface area contributed by atoms with E-state index in [-0.39, 0.29) is 32.4 Å². The molecule has 0 radical (unpaired) electrons. The van der Waals surface area contributed by atoms with Crippen LogP contribution < -0.4 is 16.4 Å². The van der Waals surface area contributed by atoms with Crippen molar-refractivity contribution in [1.29, 1.82) is 0 Å². The highest BCUT2D eigenvalue weighted by Gasteiger charge is 2.95. The summed E-state index contributed by atoms with van der Waals surface area (Å²) < 4.78 is 233. The monoisotopic (exact) mass is 739 g/mol. The Balaban J connectivity index is 3.04. The fraction of sp³-hybridized carbons (Fsp3) is 0.680. The Labute approximate surface area is 259 Å². The fourth-order valence-corrected chi connectivity index (χ4v) is 3.67. The molecule has 23 heteroatoms. The number of carbonyl (C=O) groups is 2. The second kappa shape index (κ2) is 15.1. The maximum atomic E-state index is 14.1. The Morgan fingerprint density at radius 1 is 0.667 bits per heavy atom. The van der Waals surface area contributed by atoms with E-state index in [1.807, 2.05) is 0 Å². The van der Waals surface area contributed by atoms with Crippen molar-refractivity contribution < 1.29 is 89.0 Å². The molecule has 0 aliphatic heterocycles. The van der Waals surface area contributed by atoms with Gasteiger partial charge < -0.3 is 21.1 Å². The number of nitrogens with two attached hydrogens (primary N) is 1. The topological polar surface area (TPSA) is 93.4 Å². The predicted octanol–water partition coefficient (Wildman–Crippen LogP) is 7.32. The first-order valence-corrected chi connectivity index (χ1v) is 13.2. The van der Waals surface area contributed by atoms with Crippen molar-refractivity contribution in [3.8, 4) is 0 Å². The quantitative estimate of drug-likeness (QED) is 0.109. The van der Waals surface area contributed by atoms with E-state index in [2.05, 4.69) is 5.32 Å². The molecule has 48 heavy (non-hydrogen) atoms. The van der Waals surface area contributed by atoms with Gasteiger partial charge in [-0.05, 0) is 37.8 Å². The highest BCUT2D eigenvalue weighted by molar-refractivity contribution is 5.85. The number of hydrogen-bond acceptors (Lipinski definition) is 4. The molecule has 0 aliphatic carbocycles. The van der Waals surface area contributed by atoms with Gasteiger partial charge in [-0.2, -0.15) is 74.6 Å². The molecule has 1 aromatic carbocycles. The van der Waals surface area contributed by atoms with E-state index < -0.39 is 85.1 Å². The molecule has 2 amide bonds. The minimum absolute atomic E-state index is 0.105. The summed E-state index contributed by atoms with van der Waals surface area (Å²) in [6.45, 7) is -1.37. The van der Waals surface area contributed by atoms with Gasteiger partial charge in [0.25, 0.3) is 0 Å². The normalized spacial score (nSPS) is 14.8. The molecule has 0 saturated carbocycles. The molecule has 0 spiro atoms. The van der Waals surface area contributed by atoms with E-state index in [9.17, 15) is 84.2 Å². The maximum absolute atomic E-state index is 14.1. The number of rotatable bonds is 18. The summed E-state index contributed by atoms with van der Waals surface area (Å²) in [5.41, 5.74) is 5.82. The smallest absolute Gasteiger partial charge is 0.445 e. The lowest BCUT2D eigenvalue weighted by atomic mass is 9.88. The molecular formula is C25H26F17N3O3. The van der Waals surface area contributed by atoms with Crippen LogP contribution in [-0.2, 0) is 16.1 Å². The summed E-state index contributed by atoms with van der Waals surface area (Å²) >= 11 is 0. The second-order valence-electron chi connectivity index (χ2n) is 10.1. The van der Waals surface area contributed by atoms with Crippen molar-refractivity contribution in [2.45, 2.75) is 92.4 Å². The zero-order chi connectivity index (χ0) is 37.6. The van der Waals surface area contributed by atoms with Crippen LogP contribution in [0.25, 0.3) is 0 Å². The average Bonchev–Trinajstić information content (AvgIpc) is 2.97. The van der Waals surface area contributed by atoms with Crippen LogP contribution in [0.5, 0.6) is 0 Å². The molecule has 0 fully saturated rings. The summed E-state index contributed by atoms with van der Waals surface area (Å²) in [6.07, 6.45) is -13.0. The van der Waals surface area contributed by atoms with E-state index in [1.54, 1.807) is 35.6 Å². The summed E-state index contributed by atoms with van der Waals surface area (Å²) in [7, 11) is 0. The van der Waals surface area contributed by atoms with Gasteiger partial charge in [-0.25, -0.2) is 4.79 Å². The first-order chi connectivity index (χ1) is 21.6. The number of halogens is 17. The van der Waals surface area contributed by atoms with Gasteiger partial charge in [-0.1, -0.05) is 30.3 Å². The van der Waals surface area contributed by atoms with E-state index in [1.165, 1.54) is 0 Å². The van der Waals surface area contributed by atoms with Crippen LogP contribution >= 0.6 is 0 Å². The lowest BCUT2D eigenvalue weighted by Gasteiger charge is -2.42. The van der Waals surface area contributed by atoms with Crippen molar-refractivity contribution >= 4 is 12.0 Å². The Morgan fingerprint density at radius 3 is 1.62 bits per heavy atom. The van der Waals surface area contributed by atoms with E-state index in [0.717, 1.165) is 0 Å². The number of nitrogens with one attached hydrogen (secondary N) is 2. The van der Waals surface area contributed by atoms with Crippen LogP contribution in [0, 0.1) is 0 Å². The molecule has 1 rings (SSSR count). The fourth-order valence-electron chi connectivity index (χ4n) is 3.67. The SMILES string of the molecule is NCCCC[C@H](NC(=O)OCc1ccccc1)C(=O)NCCCC(F)(F)C(F)(F)C(F)(F)C(F)(F)C(F)(F)C(F)(F)C(F)(F)C(F)(F)F. The molecule has 1 aromatic rings. The molecule has 1 atom stereocenters. The van der Waals surface area contributed by atoms with E-state index in [4.69, 9.17) is 10.5 Å². The summed E-state index contributed by atoms with van der Waals surface area (Å²) in [4.78, 5) is 24.5. The van der Waals surface area contributed by atoms with Crippen molar-refractivity contribution in [2.75, 3.05) is 13.1 Å². The highest BCUT2D eigenvalue weighted by Crippen LogP contribution is 2.64. The lowest BCUT2D eigenvalue weighted by Crippen LogP contribution is -2.74. The number of amides is 2. The van der Waals surface area contributed by atoms with Crippen molar-refractivity contribution in [1.82, 2.24) is 10.6 Å². The van der Waals surface area contributed by atoms with Crippen molar-refractivity contribution in [3.05, 3.63) is 35.9 Å². The first kappa shape index (κ1) is 42.8. The van der Waals surface area contributed by atoms with Gasteiger partial charge >= 0.3 is 53.7 Å². The molecule has 0 aromatic heterocycles.